The standard InChI is InChI=1S/C19H28N2O3/c1-14(2)19(20-18(22)13-21-8-4-3-5-9-21)15-6-7-16-17(12-15)24-11-10-23-16/h6-7,12,14,19H,3-5,8-11,13H2,1-2H3,(H,20,22)/p+1/t19-/m0/s1. The molecule has 0 radical (unpaired) electrons. The van der Waals surface area contributed by atoms with Gasteiger partial charge >= 0.3 is 0 Å². The summed E-state index contributed by atoms with van der Waals surface area (Å²) in [5.74, 6) is 2.02. The van der Waals surface area contributed by atoms with Crippen molar-refractivity contribution in [3.05, 3.63) is 23.8 Å². The van der Waals surface area contributed by atoms with Crippen LogP contribution in [0.2, 0.25) is 0 Å². The number of hydrogen-bond acceptors (Lipinski definition) is 3. The molecule has 1 saturated heterocycles. The number of hydrogen-bond donors (Lipinski definition) is 2. The summed E-state index contributed by atoms with van der Waals surface area (Å²) >= 11 is 0. The number of amides is 1. The number of rotatable bonds is 5. The van der Waals surface area contributed by atoms with E-state index < -0.39 is 0 Å². The molecule has 0 aliphatic carbocycles. The molecular formula is C19H29N2O3+. The number of fused-ring (bicyclic) bond motifs is 1. The molecule has 1 fully saturated rings. The molecule has 1 aromatic carbocycles. The molecule has 5 heteroatoms. The number of likely N-dealkylation sites (tertiary alicyclic amines) is 1. The van der Waals surface area contributed by atoms with E-state index in [2.05, 4.69) is 19.2 Å². The van der Waals surface area contributed by atoms with Crippen LogP contribution in [-0.2, 0) is 4.79 Å². The fourth-order valence-electron chi connectivity index (χ4n) is 3.57. The van der Waals surface area contributed by atoms with Gasteiger partial charge in [0.25, 0.3) is 5.91 Å². The Kier molecular flexibility index (Phi) is 5.61. The van der Waals surface area contributed by atoms with E-state index in [-0.39, 0.29) is 11.9 Å². The van der Waals surface area contributed by atoms with Gasteiger partial charge in [-0.25, -0.2) is 0 Å². The van der Waals surface area contributed by atoms with Gasteiger partial charge in [-0.1, -0.05) is 19.9 Å². The fraction of sp³-hybridized carbons (Fsp3) is 0.632. The lowest BCUT2D eigenvalue weighted by molar-refractivity contribution is -0.896. The zero-order chi connectivity index (χ0) is 16.9. The van der Waals surface area contributed by atoms with Gasteiger partial charge in [-0.3, -0.25) is 4.79 Å². The van der Waals surface area contributed by atoms with Crippen LogP contribution < -0.4 is 19.7 Å². The van der Waals surface area contributed by atoms with Crippen LogP contribution in [-0.4, -0.2) is 38.8 Å². The fourth-order valence-corrected chi connectivity index (χ4v) is 3.57. The second-order valence-corrected chi connectivity index (χ2v) is 7.18. The monoisotopic (exact) mass is 333 g/mol. The molecule has 2 N–H and O–H groups in total. The van der Waals surface area contributed by atoms with Gasteiger partial charge in [0.05, 0.1) is 19.1 Å². The van der Waals surface area contributed by atoms with E-state index in [1.54, 1.807) is 0 Å². The third-order valence-electron chi connectivity index (χ3n) is 4.88. The number of carbonyl (C=O) groups is 1. The molecule has 2 aliphatic heterocycles. The average molecular weight is 333 g/mol. The first-order chi connectivity index (χ1) is 11.6. The van der Waals surface area contributed by atoms with Gasteiger partial charge in [-0.15, -0.1) is 0 Å². The van der Waals surface area contributed by atoms with E-state index in [1.165, 1.54) is 24.2 Å². The number of quaternary nitrogens is 1. The lowest BCUT2D eigenvalue weighted by Crippen LogP contribution is -3.13. The molecule has 3 rings (SSSR count). The molecule has 0 aromatic heterocycles. The summed E-state index contributed by atoms with van der Waals surface area (Å²) in [5.41, 5.74) is 1.08. The Labute approximate surface area is 144 Å². The van der Waals surface area contributed by atoms with Crippen LogP contribution in [0.4, 0.5) is 0 Å². The Morgan fingerprint density at radius 1 is 1.12 bits per heavy atom. The Bertz CT molecular complexity index is 568. The predicted octanol–water partition coefficient (Wildman–Crippen LogP) is 1.34. The van der Waals surface area contributed by atoms with Crippen LogP contribution in [0.25, 0.3) is 0 Å². The van der Waals surface area contributed by atoms with E-state index in [9.17, 15) is 4.79 Å². The van der Waals surface area contributed by atoms with E-state index in [0.29, 0.717) is 25.7 Å². The second kappa shape index (κ2) is 7.88. The van der Waals surface area contributed by atoms with E-state index in [1.807, 2.05) is 18.2 Å². The molecule has 1 aromatic rings. The molecular weight excluding hydrogens is 304 g/mol. The molecule has 0 bridgehead atoms. The summed E-state index contributed by atoms with van der Waals surface area (Å²) in [7, 11) is 0. The minimum atomic E-state index is -0.00230. The minimum absolute atomic E-state index is 0.00230. The maximum atomic E-state index is 12.5. The largest absolute Gasteiger partial charge is 0.486 e. The third kappa shape index (κ3) is 4.20. The molecule has 0 saturated carbocycles. The number of ether oxygens (including phenoxy) is 2. The van der Waals surface area contributed by atoms with Crippen LogP contribution in [0.5, 0.6) is 11.5 Å². The lowest BCUT2D eigenvalue weighted by Gasteiger charge is -2.27. The molecule has 1 amide bonds. The van der Waals surface area contributed by atoms with E-state index >= 15 is 0 Å². The van der Waals surface area contributed by atoms with Crippen molar-refractivity contribution in [2.45, 2.75) is 39.2 Å². The summed E-state index contributed by atoms with van der Waals surface area (Å²) in [5, 5.41) is 3.23. The molecule has 24 heavy (non-hydrogen) atoms. The van der Waals surface area contributed by atoms with Crippen molar-refractivity contribution < 1.29 is 19.2 Å². The zero-order valence-corrected chi connectivity index (χ0v) is 14.8. The van der Waals surface area contributed by atoms with Crippen molar-refractivity contribution >= 4 is 5.91 Å². The van der Waals surface area contributed by atoms with E-state index in [4.69, 9.17) is 9.47 Å². The summed E-state index contributed by atoms with van der Waals surface area (Å²) < 4.78 is 11.3. The van der Waals surface area contributed by atoms with Crippen molar-refractivity contribution in [3.8, 4) is 11.5 Å². The highest BCUT2D eigenvalue weighted by atomic mass is 16.6. The van der Waals surface area contributed by atoms with Crippen molar-refractivity contribution in [2.24, 2.45) is 5.92 Å². The van der Waals surface area contributed by atoms with Gasteiger partial charge in [-0.2, -0.15) is 0 Å². The highest BCUT2D eigenvalue weighted by molar-refractivity contribution is 5.77. The van der Waals surface area contributed by atoms with Crippen molar-refractivity contribution in [1.29, 1.82) is 0 Å². The second-order valence-electron chi connectivity index (χ2n) is 7.18. The summed E-state index contributed by atoms with van der Waals surface area (Å²) in [6, 6.07) is 5.98. The lowest BCUT2D eigenvalue weighted by atomic mass is 9.95. The topological polar surface area (TPSA) is 52.0 Å². The van der Waals surface area contributed by atoms with Crippen LogP contribution in [0, 0.1) is 5.92 Å². The minimum Gasteiger partial charge on any atom is -0.486 e. The van der Waals surface area contributed by atoms with Gasteiger partial charge < -0.3 is 19.7 Å². The quantitative estimate of drug-likeness (QED) is 0.855. The first-order valence-corrected chi connectivity index (χ1v) is 9.16. The Morgan fingerprint density at radius 2 is 1.83 bits per heavy atom. The molecule has 132 valence electrons. The van der Waals surface area contributed by atoms with Crippen LogP contribution in [0.3, 0.4) is 0 Å². The summed E-state index contributed by atoms with van der Waals surface area (Å²) in [6.45, 7) is 8.25. The molecule has 0 unspecified atom stereocenters. The predicted molar refractivity (Wildman–Crippen MR) is 92.6 cm³/mol. The first kappa shape index (κ1) is 17.1. The Hall–Kier alpha value is -1.75. The molecule has 0 spiro atoms. The summed E-state index contributed by atoms with van der Waals surface area (Å²) in [4.78, 5) is 13.9. The van der Waals surface area contributed by atoms with Gasteiger partial charge in [0.1, 0.15) is 13.2 Å². The van der Waals surface area contributed by atoms with Crippen molar-refractivity contribution in [1.82, 2.24) is 5.32 Å². The van der Waals surface area contributed by atoms with Gasteiger partial charge in [0.2, 0.25) is 0 Å². The van der Waals surface area contributed by atoms with Crippen LogP contribution in [0.15, 0.2) is 18.2 Å². The SMILES string of the molecule is CC(C)[C@H](NC(=O)C[NH+]1CCCCC1)c1ccc2c(c1)OCCO2. The van der Waals surface area contributed by atoms with Crippen LogP contribution >= 0.6 is 0 Å². The summed E-state index contributed by atoms with van der Waals surface area (Å²) in [6.07, 6.45) is 3.77. The molecule has 2 aliphatic rings. The van der Waals surface area contributed by atoms with Gasteiger partial charge in [-0.05, 0) is 42.9 Å². The Balaban J connectivity index is 1.66. The number of piperidine rings is 1. The normalized spacial score (nSPS) is 19.1. The number of carbonyl (C=O) groups excluding carboxylic acids is 1. The van der Waals surface area contributed by atoms with Crippen molar-refractivity contribution in [3.63, 3.8) is 0 Å². The maximum Gasteiger partial charge on any atom is 0.275 e. The van der Waals surface area contributed by atoms with Crippen LogP contribution in [0.1, 0.15) is 44.7 Å². The van der Waals surface area contributed by atoms with Gasteiger partial charge in [0.15, 0.2) is 18.0 Å². The smallest absolute Gasteiger partial charge is 0.275 e. The number of nitrogens with one attached hydrogen (secondary N) is 2. The van der Waals surface area contributed by atoms with Crippen molar-refractivity contribution in [2.75, 3.05) is 32.8 Å². The maximum absolute atomic E-state index is 12.5. The average Bonchev–Trinajstić information content (AvgIpc) is 2.60. The first-order valence-electron chi connectivity index (χ1n) is 9.16. The van der Waals surface area contributed by atoms with Gasteiger partial charge in [0, 0.05) is 0 Å². The Morgan fingerprint density at radius 3 is 2.54 bits per heavy atom. The zero-order valence-electron chi connectivity index (χ0n) is 14.8. The molecule has 5 nitrogen and oxygen atoms in total. The highest BCUT2D eigenvalue weighted by Crippen LogP contribution is 2.34. The highest BCUT2D eigenvalue weighted by Gasteiger charge is 2.24. The van der Waals surface area contributed by atoms with E-state index in [0.717, 1.165) is 30.2 Å². The third-order valence-corrected chi connectivity index (χ3v) is 4.88. The molecule has 2 heterocycles. The number of benzene rings is 1. The molecule has 1 atom stereocenters.